The highest BCUT2D eigenvalue weighted by Crippen LogP contribution is 2.27. The van der Waals surface area contributed by atoms with E-state index in [1.165, 1.54) is 0 Å². The number of nitrogens with one attached hydrogen (secondary N) is 2. The lowest BCUT2D eigenvalue weighted by Gasteiger charge is -2.35. The third-order valence-electron chi connectivity index (χ3n) is 3.91. The number of nitrogens with zero attached hydrogens (tertiary/aromatic N) is 3. The molecule has 122 valence electrons. The summed E-state index contributed by atoms with van der Waals surface area (Å²) in [4.78, 5) is 14.3. The van der Waals surface area contributed by atoms with Crippen LogP contribution in [0.25, 0.3) is 0 Å². The van der Waals surface area contributed by atoms with E-state index in [0.29, 0.717) is 5.69 Å². The van der Waals surface area contributed by atoms with Crippen LogP contribution < -0.4 is 15.5 Å². The van der Waals surface area contributed by atoms with Crippen LogP contribution in [0, 0.1) is 0 Å². The van der Waals surface area contributed by atoms with Crippen molar-refractivity contribution < 1.29 is 4.79 Å². The van der Waals surface area contributed by atoms with Crippen molar-refractivity contribution in [2.45, 2.75) is 18.9 Å². The molecule has 1 unspecified atom stereocenters. The second-order valence-corrected chi connectivity index (χ2v) is 6.14. The highest BCUT2D eigenvalue weighted by molar-refractivity contribution is 6.33. The molecule has 1 atom stereocenters. The van der Waals surface area contributed by atoms with Crippen LogP contribution in [-0.4, -0.2) is 34.9 Å². The molecule has 2 aromatic rings. The lowest BCUT2D eigenvalue weighted by molar-refractivity contribution is 0.246. The van der Waals surface area contributed by atoms with Gasteiger partial charge in [-0.3, -0.25) is 4.68 Å². The van der Waals surface area contributed by atoms with Crippen molar-refractivity contribution in [3.63, 3.8) is 0 Å². The Morgan fingerprint density at radius 1 is 1.39 bits per heavy atom. The van der Waals surface area contributed by atoms with Crippen molar-refractivity contribution in [1.29, 1.82) is 0 Å². The number of carbonyl (C=O) groups is 1. The summed E-state index contributed by atoms with van der Waals surface area (Å²) in [6.07, 6.45) is 5.36. The Labute approximate surface area is 140 Å². The number of carbonyl (C=O) groups excluding carboxylic acids is 1. The molecule has 2 amide bonds. The average Bonchev–Trinajstić information content (AvgIpc) is 2.93. The van der Waals surface area contributed by atoms with E-state index in [4.69, 9.17) is 11.6 Å². The van der Waals surface area contributed by atoms with Crippen LogP contribution in [0.5, 0.6) is 0 Å². The Morgan fingerprint density at radius 2 is 2.22 bits per heavy atom. The van der Waals surface area contributed by atoms with Gasteiger partial charge in [0.25, 0.3) is 0 Å². The van der Waals surface area contributed by atoms with Gasteiger partial charge < -0.3 is 15.5 Å². The minimum absolute atomic E-state index is 0.0942. The fourth-order valence-corrected chi connectivity index (χ4v) is 3.12. The van der Waals surface area contributed by atoms with Gasteiger partial charge in [-0.2, -0.15) is 5.10 Å². The van der Waals surface area contributed by atoms with E-state index in [2.05, 4.69) is 20.6 Å². The summed E-state index contributed by atoms with van der Waals surface area (Å²) in [5, 5.41) is 10.6. The number of benzene rings is 1. The van der Waals surface area contributed by atoms with Crippen LogP contribution in [0.1, 0.15) is 12.8 Å². The van der Waals surface area contributed by atoms with Crippen molar-refractivity contribution in [3.8, 4) is 0 Å². The maximum atomic E-state index is 12.1. The molecule has 7 heteroatoms. The van der Waals surface area contributed by atoms with Gasteiger partial charge in [0.05, 0.1) is 22.6 Å². The largest absolute Gasteiger partial charge is 0.368 e. The first-order chi connectivity index (χ1) is 11.1. The molecule has 23 heavy (non-hydrogen) atoms. The van der Waals surface area contributed by atoms with E-state index in [1.807, 2.05) is 31.3 Å². The zero-order valence-electron chi connectivity index (χ0n) is 13.0. The number of rotatable bonds is 3. The first kappa shape index (κ1) is 15.7. The molecule has 1 saturated heterocycles. The molecule has 0 radical (unpaired) electrons. The number of aryl methyl sites for hydroxylation is 1. The molecule has 0 saturated carbocycles. The number of halogens is 1. The predicted octanol–water partition coefficient (Wildman–Crippen LogP) is 2.86. The molecule has 1 aliphatic rings. The van der Waals surface area contributed by atoms with Gasteiger partial charge in [-0.05, 0) is 25.0 Å². The van der Waals surface area contributed by atoms with Crippen LogP contribution in [0.15, 0.2) is 36.7 Å². The lowest BCUT2D eigenvalue weighted by atomic mass is 10.1. The summed E-state index contributed by atoms with van der Waals surface area (Å²) in [6, 6.07) is 7.70. The van der Waals surface area contributed by atoms with Gasteiger partial charge in [0.2, 0.25) is 0 Å². The van der Waals surface area contributed by atoms with E-state index < -0.39 is 0 Å². The summed E-state index contributed by atoms with van der Waals surface area (Å²) < 4.78 is 1.65. The molecule has 6 nitrogen and oxygen atoms in total. The van der Waals surface area contributed by atoms with Crippen LogP contribution in [0.2, 0.25) is 5.02 Å². The number of amides is 2. The van der Waals surface area contributed by atoms with Gasteiger partial charge in [-0.1, -0.05) is 23.7 Å². The molecular formula is C16H20ClN5O. The van der Waals surface area contributed by atoms with Gasteiger partial charge in [0.15, 0.2) is 0 Å². The van der Waals surface area contributed by atoms with E-state index in [-0.39, 0.29) is 12.1 Å². The summed E-state index contributed by atoms with van der Waals surface area (Å²) in [7, 11) is 1.81. The fourth-order valence-electron chi connectivity index (χ4n) is 2.86. The topological polar surface area (TPSA) is 62.2 Å². The maximum Gasteiger partial charge on any atom is 0.319 e. The zero-order chi connectivity index (χ0) is 16.2. The second kappa shape index (κ2) is 6.91. The third-order valence-corrected chi connectivity index (χ3v) is 4.23. The summed E-state index contributed by atoms with van der Waals surface area (Å²) in [5.41, 5.74) is 1.71. The Morgan fingerprint density at radius 3 is 2.96 bits per heavy atom. The first-order valence-electron chi connectivity index (χ1n) is 7.67. The highest BCUT2D eigenvalue weighted by Gasteiger charge is 2.22. The summed E-state index contributed by atoms with van der Waals surface area (Å²) >= 11 is 6.27. The van der Waals surface area contributed by atoms with E-state index >= 15 is 0 Å². The normalized spacial score (nSPS) is 17.8. The van der Waals surface area contributed by atoms with Crippen LogP contribution in [-0.2, 0) is 7.05 Å². The van der Waals surface area contributed by atoms with Crippen LogP contribution in [0.4, 0.5) is 16.2 Å². The Kier molecular flexibility index (Phi) is 4.71. The highest BCUT2D eigenvalue weighted by atomic mass is 35.5. The standard InChI is InChI=1S/C16H20ClN5O/c1-21-10-13(9-18-21)20-16(23)19-12-5-4-8-22(11-12)15-7-3-2-6-14(15)17/h2-3,6-7,9-10,12H,4-5,8,11H2,1H3,(H2,19,20,23). The zero-order valence-corrected chi connectivity index (χ0v) is 13.8. The minimum atomic E-state index is -0.205. The molecule has 0 aliphatic carbocycles. The van der Waals surface area contributed by atoms with Gasteiger partial charge in [-0.25, -0.2) is 4.79 Å². The Bertz CT molecular complexity index is 687. The fraction of sp³-hybridized carbons (Fsp3) is 0.375. The van der Waals surface area contributed by atoms with Gasteiger partial charge in [0.1, 0.15) is 0 Å². The van der Waals surface area contributed by atoms with Crippen molar-refractivity contribution in [2.24, 2.45) is 7.05 Å². The monoisotopic (exact) mass is 333 g/mol. The molecular weight excluding hydrogens is 314 g/mol. The SMILES string of the molecule is Cn1cc(NC(=O)NC2CCCN(c3ccccc3Cl)C2)cn1. The van der Waals surface area contributed by atoms with Crippen LogP contribution in [0.3, 0.4) is 0 Å². The lowest BCUT2D eigenvalue weighted by Crippen LogP contribution is -2.49. The molecule has 0 spiro atoms. The minimum Gasteiger partial charge on any atom is -0.368 e. The summed E-state index contributed by atoms with van der Waals surface area (Å²) in [6.45, 7) is 1.70. The molecule has 3 rings (SSSR count). The van der Waals surface area contributed by atoms with Crippen molar-refractivity contribution in [1.82, 2.24) is 15.1 Å². The molecule has 1 aromatic carbocycles. The quantitative estimate of drug-likeness (QED) is 0.908. The van der Waals surface area contributed by atoms with Gasteiger partial charge >= 0.3 is 6.03 Å². The van der Waals surface area contributed by atoms with Crippen molar-refractivity contribution in [2.75, 3.05) is 23.3 Å². The smallest absolute Gasteiger partial charge is 0.319 e. The summed E-state index contributed by atoms with van der Waals surface area (Å²) in [5.74, 6) is 0. The molecule has 0 bridgehead atoms. The number of anilines is 2. The second-order valence-electron chi connectivity index (χ2n) is 5.74. The van der Waals surface area contributed by atoms with E-state index in [9.17, 15) is 4.79 Å². The van der Waals surface area contributed by atoms with E-state index in [1.54, 1.807) is 17.1 Å². The number of aromatic nitrogens is 2. The maximum absolute atomic E-state index is 12.1. The number of piperidine rings is 1. The molecule has 1 aliphatic heterocycles. The molecule has 1 fully saturated rings. The number of hydrogen-bond donors (Lipinski definition) is 2. The van der Waals surface area contributed by atoms with Crippen molar-refractivity contribution >= 4 is 29.0 Å². The van der Waals surface area contributed by atoms with E-state index in [0.717, 1.165) is 36.6 Å². The molecule has 2 heterocycles. The van der Waals surface area contributed by atoms with Gasteiger partial charge in [-0.15, -0.1) is 0 Å². The average molecular weight is 334 g/mol. The number of para-hydroxylation sites is 1. The Hall–Kier alpha value is -2.21. The first-order valence-corrected chi connectivity index (χ1v) is 8.05. The number of urea groups is 1. The number of hydrogen-bond acceptors (Lipinski definition) is 3. The van der Waals surface area contributed by atoms with Crippen LogP contribution >= 0.6 is 11.6 Å². The molecule has 1 aromatic heterocycles. The third kappa shape index (κ3) is 3.96. The molecule has 2 N–H and O–H groups in total. The predicted molar refractivity (Wildman–Crippen MR) is 92.0 cm³/mol. The van der Waals surface area contributed by atoms with Gasteiger partial charge in [0, 0.05) is 32.4 Å². The Balaban J connectivity index is 1.58. The van der Waals surface area contributed by atoms with Crippen molar-refractivity contribution in [3.05, 3.63) is 41.7 Å².